The standard InChI is InChI=1S/C22H26N2O4/c1-13-17(25)12-22(2,24-21(13)23)16-8-6-7-14(9-16)15-10-18(26-3)20(28-5)19(11-15)27-4/h6-11,13H,12H2,1-5H3,(H2,23,24). The van der Waals surface area contributed by atoms with E-state index in [0.29, 0.717) is 29.5 Å². The molecule has 0 spiro atoms. The van der Waals surface area contributed by atoms with Gasteiger partial charge in [0.2, 0.25) is 5.75 Å². The van der Waals surface area contributed by atoms with Crippen LogP contribution < -0.4 is 19.9 Å². The zero-order valence-electron chi connectivity index (χ0n) is 16.9. The van der Waals surface area contributed by atoms with Crippen LogP contribution in [-0.4, -0.2) is 32.9 Å². The van der Waals surface area contributed by atoms with E-state index in [-0.39, 0.29) is 11.7 Å². The third-order valence-electron chi connectivity index (χ3n) is 5.30. The largest absolute Gasteiger partial charge is 0.493 e. The fourth-order valence-corrected chi connectivity index (χ4v) is 3.53. The van der Waals surface area contributed by atoms with E-state index in [1.165, 1.54) is 0 Å². The van der Waals surface area contributed by atoms with Crippen molar-refractivity contribution in [3.05, 3.63) is 42.0 Å². The van der Waals surface area contributed by atoms with Crippen LogP contribution in [0.1, 0.15) is 25.8 Å². The van der Waals surface area contributed by atoms with Gasteiger partial charge in [-0.05, 0) is 48.7 Å². The molecule has 148 valence electrons. The Balaban J connectivity index is 2.09. The van der Waals surface area contributed by atoms with Crippen LogP contribution in [0.2, 0.25) is 0 Å². The van der Waals surface area contributed by atoms with Crippen LogP contribution in [0.3, 0.4) is 0 Å². The molecule has 0 saturated heterocycles. The molecule has 0 amide bonds. The summed E-state index contributed by atoms with van der Waals surface area (Å²) in [6.45, 7) is 3.74. The van der Waals surface area contributed by atoms with Gasteiger partial charge in [0.1, 0.15) is 11.6 Å². The Bertz CT molecular complexity index is 913. The van der Waals surface area contributed by atoms with Crippen molar-refractivity contribution >= 4 is 11.6 Å². The molecule has 2 aromatic rings. The fraction of sp³-hybridized carbons (Fsp3) is 0.364. The Morgan fingerprint density at radius 2 is 1.68 bits per heavy atom. The average Bonchev–Trinajstić information content (AvgIpc) is 2.70. The second-order valence-electron chi connectivity index (χ2n) is 7.17. The van der Waals surface area contributed by atoms with E-state index in [0.717, 1.165) is 16.7 Å². The summed E-state index contributed by atoms with van der Waals surface area (Å²) in [5.74, 6) is 1.87. The number of amidine groups is 1. The molecule has 0 aliphatic carbocycles. The normalized spacial score (nSPS) is 21.8. The first kappa shape index (κ1) is 19.7. The number of nitrogens with two attached hydrogens (primary N) is 1. The summed E-state index contributed by atoms with van der Waals surface area (Å²) in [7, 11) is 4.75. The Kier molecular flexibility index (Phi) is 5.31. The molecule has 2 atom stereocenters. The van der Waals surface area contributed by atoms with Crippen LogP contribution in [0.5, 0.6) is 17.2 Å². The van der Waals surface area contributed by atoms with Gasteiger partial charge in [-0.2, -0.15) is 0 Å². The van der Waals surface area contributed by atoms with Crippen molar-refractivity contribution in [2.75, 3.05) is 21.3 Å². The number of nitrogens with zero attached hydrogens (tertiary/aromatic N) is 1. The molecule has 0 fully saturated rings. The van der Waals surface area contributed by atoms with Gasteiger partial charge in [0.05, 0.1) is 32.8 Å². The molecule has 0 aromatic heterocycles. The first-order valence-electron chi connectivity index (χ1n) is 9.12. The molecule has 2 N–H and O–H groups in total. The van der Waals surface area contributed by atoms with E-state index in [2.05, 4.69) is 4.99 Å². The number of Topliss-reactive ketones (excluding diaryl/α,β-unsaturated/α-hetero) is 1. The molecule has 0 saturated carbocycles. The summed E-state index contributed by atoms with van der Waals surface area (Å²) < 4.78 is 16.3. The number of ketones is 1. The van der Waals surface area contributed by atoms with Crippen LogP contribution in [0.25, 0.3) is 11.1 Å². The number of rotatable bonds is 5. The molecule has 28 heavy (non-hydrogen) atoms. The Hall–Kier alpha value is -3.02. The monoisotopic (exact) mass is 382 g/mol. The number of hydrogen-bond acceptors (Lipinski definition) is 6. The third kappa shape index (κ3) is 3.42. The Morgan fingerprint density at radius 1 is 1.04 bits per heavy atom. The lowest BCUT2D eigenvalue weighted by Crippen LogP contribution is -2.40. The zero-order valence-corrected chi connectivity index (χ0v) is 16.9. The van der Waals surface area contributed by atoms with E-state index < -0.39 is 5.54 Å². The highest BCUT2D eigenvalue weighted by Crippen LogP contribution is 2.42. The van der Waals surface area contributed by atoms with Gasteiger partial charge in [-0.3, -0.25) is 9.79 Å². The highest BCUT2D eigenvalue weighted by molar-refractivity contribution is 6.05. The molecule has 2 unspecified atom stereocenters. The molecule has 1 heterocycles. The third-order valence-corrected chi connectivity index (χ3v) is 5.30. The van der Waals surface area contributed by atoms with E-state index >= 15 is 0 Å². The maximum absolute atomic E-state index is 12.4. The van der Waals surface area contributed by atoms with Crippen molar-refractivity contribution in [2.45, 2.75) is 25.8 Å². The van der Waals surface area contributed by atoms with Gasteiger partial charge in [0.25, 0.3) is 0 Å². The topological polar surface area (TPSA) is 83.1 Å². The van der Waals surface area contributed by atoms with Gasteiger partial charge in [-0.25, -0.2) is 0 Å². The fourth-order valence-electron chi connectivity index (χ4n) is 3.53. The maximum Gasteiger partial charge on any atom is 0.203 e. The number of ether oxygens (including phenoxy) is 3. The van der Waals surface area contributed by atoms with Crippen molar-refractivity contribution in [3.8, 4) is 28.4 Å². The van der Waals surface area contributed by atoms with Crippen molar-refractivity contribution in [1.82, 2.24) is 0 Å². The summed E-state index contributed by atoms with van der Waals surface area (Å²) in [4.78, 5) is 17.0. The summed E-state index contributed by atoms with van der Waals surface area (Å²) in [6, 6.07) is 11.7. The minimum atomic E-state index is -0.676. The molecular weight excluding hydrogens is 356 g/mol. The van der Waals surface area contributed by atoms with Gasteiger partial charge in [0, 0.05) is 6.42 Å². The highest BCUT2D eigenvalue weighted by Gasteiger charge is 2.37. The number of hydrogen-bond donors (Lipinski definition) is 1. The zero-order chi connectivity index (χ0) is 20.5. The SMILES string of the molecule is COc1cc(-c2cccc(C3(C)CC(=O)C(C)C(N)=N3)c2)cc(OC)c1OC. The smallest absolute Gasteiger partial charge is 0.203 e. The summed E-state index contributed by atoms with van der Waals surface area (Å²) in [6.07, 6.45) is 0.327. The molecule has 1 aliphatic heterocycles. The lowest BCUT2D eigenvalue weighted by Gasteiger charge is -2.32. The number of aliphatic imine (C=N–C) groups is 1. The van der Waals surface area contributed by atoms with E-state index in [1.54, 1.807) is 28.3 Å². The molecule has 3 rings (SSSR count). The first-order valence-corrected chi connectivity index (χ1v) is 9.12. The summed E-state index contributed by atoms with van der Waals surface area (Å²) in [5, 5.41) is 0. The van der Waals surface area contributed by atoms with Gasteiger partial charge >= 0.3 is 0 Å². The number of carbonyl (C=O) groups is 1. The first-order chi connectivity index (χ1) is 13.3. The Morgan fingerprint density at radius 3 is 2.21 bits per heavy atom. The maximum atomic E-state index is 12.4. The predicted molar refractivity (Wildman–Crippen MR) is 109 cm³/mol. The Labute approximate surface area is 165 Å². The van der Waals surface area contributed by atoms with Gasteiger partial charge < -0.3 is 19.9 Å². The molecule has 6 heteroatoms. The van der Waals surface area contributed by atoms with E-state index in [9.17, 15) is 4.79 Å². The lowest BCUT2D eigenvalue weighted by atomic mass is 9.80. The minimum absolute atomic E-state index is 0.105. The quantitative estimate of drug-likeness (QED) is 0.855. The van der Waals surface area contributed by atoms with Crippen LogP contribution in [-0.2, 0) is 10.3 Å². The molecule has 2 aromatic carbocycles. The molecular formula is C22H26N2O4. The number of benzene rings is 2. The minimum Gasteiger partial charge on any atom is -0.493 e. The van der Waals surface area contributed by atoms with E-state index in [4.69, 9.17) is 19.9 Å². The van der Waals surface area contributed by atoms with Crippen molar-refractivity contribution < 1.29 is 19.0 Å². The molecule has 0 bridgehead atoms. The average molecular weight is 382 g/mol. The van der Waals surface area contributed by atoms with Gasteiger partial charge in [-0.1, -0.05) is 18.2 Å². The summed E-state index contributed by atoms with van der Waals surface area (Å²) >= 11 is 0. The molecule has 0 radical (unpaired) electrons. The predicted octanol–water partition coefficient (Wildman–Crippen LogP) is 3.56. The second-order valence-corrected chi connectivity index (χ2v) is 7.17. The summed E-state index contributed by atoms with van der Waals surface area (Å²) in [5.41, 5.74) is 8.14. The van der Waals surface area contributed by atoms with Crippen LogP contribution in [0, 0.1) is 5.92 Å². The highest BCUT2D eigenvalue weighted by atomic mass is 16.5. The van der Waals surface area contributed by atoms with Crippen molar-refractivity contribution in [1.29, 1.82) is 0 Å². The van der Waals surface area contributed by atoms with Crippen LogP contribution >= 0.6 is 0 Å². The van der Waals surface area contributed by atoms with Gasteiger partial charge in [0.15, 0.2) is 11.5 Å². The molecule has 1 aliphatic rings. The van der Waals surface area contributed by atoms with Crippen LogP contribution in [0.15, 0.2) is 41.4 Å². The lowest BCUT2D eigenvalue weighted by molar-refractivity contribution is -0.122. The number of methoxy groups -OCH3 is 3. The molecule has 6 nitrogen and oxygen atoms in total. The van der Waals surface area contributed by atoms with Crippen LogP contribution in [0.4, 0.5) is 0 Å². The van der Waals surface area contributed by atoms with E-state index in [1.807, 2.05) is 43.3 Å². The van der Waals surface area contributed by atoms with Crippen molar-refractivity contribution in [3.63, 3.8) is 0 Å². The van der Waals surface area contributed by atoms with Crippen molar-refractivity contribution in [2.24, 2.45) is 16.6 Å². The second kappa shape index (κ2) is 7.54. The van der Waals surface area contributed by atoms with Gasteiger partial charge in [-0.15, -0.1) is 0 Å². The number of carbonyl (C=O) groups excluding carboxylic acids is 1.